The Kier molecular flexibility index (Phi) is 6.87. The van der Waals surface area contributed by atoms with Crippen LogP contribution >= 0.6 is 0 Å². The van der Waals surface area contributed by atoms with Gasteiger partial charge in [0.1, 0.15) is 23.2 Å². The number of hydrogen-bond acceptors (Lipinski definition) is 10. The molecular weight excluding hydrogens is 541 g/mol. The van der Waals surface area contributed by atoms with Crippen LogP contribution in [-0.2, 0) is 14.8 Å². The first-order valence-corrected chi connectivity index (χ1v) is 13.3. The van der Waals surface area contributed by atoms with Crippen LogP contribution in [0.3, 0.4) is 0 Å². The van der Waals surface area contributed by atoms with E-state index in [0.717, 1.165) is 0 Å². The number of allylic oxidation sites excluding steroid dienone is 1. The summed E-state index contributed by atoms with van der Waals surface area (Å²) in [6.45, 7) is 3.02. The molecule has 0 spiro atoms. The van der Waals surface area contributed by atoms with Gasteiger partial charge >= 0.3 is 6.01 Å². The van der Waals surface area contributed by atoms with Crippen molar-refractivity contribution >= 4 is 50.6 Å². The van der Waals surface area contributed by atoms with Crippen molar-refractivity contribution in [2.75, 3.05) is 10.6 Å². The van der Waals surface area contributed by atoms with Gasteiger partial charge in [-0.15, -0.1) is 0 Å². The molecule has 5 N–H and O–H groups in total. The highest BCUT2D eigenvalue weighted by Crippen LogP contribution is 2.33. The number of rotatable bonds is 6. The average molecular weight is 564 g/mol. The fourth-order valence-electron chi connectivity index (χ4n) is 4.09. The number of benzene rings is 2. The van der Waals surface area contributed by atoms with Crippen LogP contribution in [0.2, 0.25) is 0 Å². The lowest BCUT2D eigenvalue weighted by atomic mass is 9.95. The first kappa shape index (κ1) is 26.6. The van der Waals surface area contributed by atoms with Crippen molar-refractivity contribution in [1.29, 1.82) is 0 Å². The third-order valence-electron chi connectivity index (χ3n) is 5.97. The molecule has 14 heteroatoms. The largest absolute Gasteiger partial charge is 0.423 e. The molecule has 0 saturated carbocycles. The molecule has 2 aromatic heterocycles. The number of nitrogens with zero attached hydrogens (tertiary/aromatic N) is 3. The summed E-state index contributed by atoms with van der Waals surface area (Å²) in [6, 6.07) is 11.6. The standard InChI is InChI=1S/C26H22FN7O5S/c1-13-22(24(36)32-21-11-15(14(2)35)8-9-29-21)23(16-4-3-5-18(10-16)40(28,37)38)33-25(30-13)34-26-31-19-7-6-17(27)12-20(19)39-26/h3-12,23H,1-2H3,(H2,28,37,38)(H,29,32,36)(H2,30,31,33,34). The number of nitrogens with one attached hydrogen (secondary N) is 3. The molecule has 4 aromatic rings. The third-order valence-corrected chi connectivity index (χ3v) is 6.88. The van der Waals surface area contributed by atoms with Crippen molar-refractivity contribution in [3.8, 4) is 0 Å². The summed E-state index contributed by atoms with van der Waals surface area (Å²) in [7, 11) is -4.05. The van der Waals surface area contributed by atoms with Gasteiger partial charge in [-0.2, -0.15) is 4.98 Å². The molecule has 0 fully saturated rings. The number of hydrogen-bond donors (Lipinski definition) is 4. The average Bonchev–Trinajstić information content (AvgIpc) is 3.29. The van der Waals surface area contributed by atoms with Crippen LogP contribution in [0, 0.1) is 5.82 Å². The van der Waals surface area contributed by atoms with E-state index in [1.54, 1.807) is 13.0 Å². The van der Waals surface area contributed by atoms with Crippen LogP contribution in [0.4, 0.5) is 16.2 Å². The Labute approximate surface area is 227 Å². The number of amides is 1. The molecule has 1 amide bonds. The maximum Gasteiger partial charge on any atom is 0.302 e. The number of guanidine groups is 1. The minimum Gasteiger partial charge on any atom is -0.423 e. The fourth-order valence-corrected chi connectivity index (χ4v) is 4.66. The third kappa shape index (κ3) is 5.57. The Balaban J connectivity index is 1.52. The molecule has 1 aliphatic rings. The number of nitrogens with two attached hydrogens (primary N) is 1. The molecule has 1 unspecified atom stereocenters. The summed E-state index contributed by atoms with van der Waals surface area (Å²) in [5.74, 6) is -1.02. The van der Waals surface area contributed by atoms with Crippen molar-refractivity contribution in [2.24, 2.45) is 10.1 Å². The van der Waals surface area contributed by atoms with Gasteiger partial charge in [-0.1, -0.05) is 12.1 Å². The van der Waals surface area contributed by atoms with Crippen LogP contribution in [0.5, 0.6) is 0 Å². The summed E-state index contributed by atoms with van der Waals surface area (Å²) in [6.07, 6.45) is 1.39. The van der Waals surface area contributed by atoms with Gasteiger partial charge in [0.2, 0.25) is 16.0 Å². The Morgan fingerprint density at radius 1 is 1.12 bits per heavy atom. The number of carbonyl (C=O) groups excluding carboxylic acids is 2. The molecule has 0 aliphatic carbocycles. The second-order valence-electron chi connectivity index (χ2n) is 8.86. The first-order valence-electron chi connectivity index (χ1n) is 11.8. The highest BCUT2D eigenvalue weighted by Gasteiger charge is 2.31. The molecule has 1 aliphatic heterocycles. The quantitative estimate of drug-likeness (QED) is 0.256. The topological polar surface area (TPSA) is 182 Å². The number of anilines is 2. The smallest absolute Gasteiger partial charge is 0.302 e. The van der Waals surface area contributed by atoms with E-state index < -0.39 is 27.8 Å². The lowest BCUT2D eigenvalue weighted by Crippen LogP contribution is -2.37. The van der Waals surface area contributed by atoms with E-state index in [2.05, 4.69) is 30.9 Å². The number of carbonyl (C=O) groups is 2. The summed E-state index contributed by atoms with van der Waals surface area (Å²) < 4.78 is 43.2. The number of aromatic nitrogens is 2. The van der Waals surface area contributed by atoms with Gasteiger partial charge in [-0.05, 0) is 55.8 Å². The zero-order valence-corrected chi connectivity index (χ0v) is 21.9. The van der Waals surface area contributed by atoms with Crippen LogP contribution in [0.15, 0.2) is 86.4 Å². The molecule has 204 valence electrons. The molecule has 0 radical (unpaired) electrons. The van der Waals surface area contributed by atoms with Gasteiger partial charge in [-0.3, -0.25) is 14.9 Å². The molecule has 5 rings (SSSR count). The number of oxazole rings is 1. The fraction of sp³-hybridized carbons (Fsp3) is 0.115. The van der Waals surface area contributed by atoms with Crippen LogP contribution in [-0.4, -0.2) is 36.0 Å². The van der Waals surface area contributed by atoms with Gasteiger partial charge in [0.15, 0.2) is 11.4 Å². The molecule has 2 aromatic carbocycles. The summed E-state index contributed by atoms with van der Waals surface area (Å²) in [5.41, 5.74) is 1.84. The van der Waals surface area contributed by atoms with Gasteiger partial charge in [0, 0.05) is 23.5 Å². The van der Waals surface area contributed by atoms with Crippen LogP contribution < -0.4 is 21.1 Å². The van der Waals surface area contributed by atoms with Gasteiger partial charge < -0.3 is 15.1 Å². The molecular formula is C26H22FN7O5S. The predicted octanol–water partition coefficient (Wildman–Crippen LogP) is 3.24. The number of ketones is 1. The minimum atomic E-state index is -4.05. The Hall–Kier alpha value is -4.95. The van der Waals surface area contributed by atoms with Crippen molar-refractivity contribution < 1.29 is 26.8 Å². The van der Waals surface area contributed by atoms with Gasteiger partial charge in [0.25, 0.3) is 5.91 Å². The van der Waals surface area contributed by atoms with E-state index in [0.29, 0.717) is 22.3 Å². The molecule has 1 atom stereocenters. The minimum absolute atomic E-state index is 0.00911. The molecule has 40 heavy (non-hydrogen) atoms. The zero-order valence-electron chi connectivity index (χ0n) is 21.1. The predicted molar refractivity (Wildman–Crippen MR) is 144 cm³/mol. The lowest BCUT2D eigenvalue weighted by molar-refractivity contribution is -0.113. The van der Waals surface area contributed by atoms with E-state index >= 15 is 0 Å². The van der Waals surface area contributed by atoms with E-state index in [9.17, 15) is 22.4 Å². The molecule has 0 saturated heterocycles. The second-order valence-corrected chi connectivity index (χ2v) is 10.4. The van der Waals surface area contributed by atoms with Crippen molar-refractivity contribution in [3.05, 3.63) is 89.0 Å². The number of halogens is 1. The highest BCUT2D eigenvalue weighted by atomic mass is 32.2. The summed E-state index contributed by atoms with van der Waals surface area (Å²) in [5, 5.41) is 13.9. The highest BCUT2D eigenvalue weighted by molar-refractivity contribution is 7.89. The van der Waals surface area contributed by atoms with Crippen LogP contribution in [0.25, 0.3) is 11.1 Å². The number of sulfonamides is 1. The zero-order chi connectivity index (χ0) is 28.6. The molecule has 0 bridgehead atoms. The summed E-state index contributed by atoms with van der Waals surface area (Å²) in [4.78, 5) is 38.1. The Bertz CT molecular complexity index is 1850. The first-order chi connectivity index (χ1) is 19.0. The van der Waals surface area contributed by atoms with Crippen molar-refractivity contribution in [1.82, 2.24) is 15.3 Å². The maximum atomic E-state index is 13.6. The summed E-state index contributed by atoms with van der Waals surface area (Å²) >= 11 is 0. The monoisotopic (exact) mass is 563 g/mol. The van der Waals surface area contributed by atoms with E-state index in [1.807, 2.05) is 0 Å². The van der Waals surface area contributed by atoms with Crippen molar-refractivity contribution in [3.63, 3.8) is 0 Å². The Morgan fingerprint density at radius 3 is 2.67 bits per heavy atom. The lowest BCUT2D eigenvalue weighted by Gasteiger charge is -2.26. The van der Waals surface area contributed by atoms with Crippen molar-refractivity contribution in [2.45, 2.75) is 24.8 Å². The van der Waals surface area contributed by atoms with Crippen LogP contribution in [0.1, 0.15) is 35.8 Å². The van der Waals surface area contributed by atoms with E-state index in [1.165, 1.54) is 61.7 Å². The SMILES string of the molecule is CC(=O)c1ccnc(NC(=O)C2=C(C)NC(Nc3nc4ccc(F)cc4o3)=NC2c2cccc(S(N)(=O)=O)c2)c1. The van der Waals surface area contributed by atoms with Gasteiger partial charge in [0.05, 0.1) is 10.5 Å². The second kappa shape index (κ2) is 10.3. The number of pyridine rings is 1. The van der Waals surface area contributed by atoms with E-state index in [4.69, 9.17) is 9.56 Å². The molecule has 3 heterocycles. The normalized spacial score (nSPS) is 15.4. The molecule has 12 nitrogen and oxygen atoms in total. The number of primary sulfonamides is 1. The Morgan fingerprint density at radius 2 is 1.93 bits per heavy atom. The maximum absolute atomic E-state index is 13.6. The number of aliphatic imine (C=N–C) groups is 1. The number of fused-ring (bicyclic) bond motifs is 1. The van der Waals surface area contributed by atoms with E-state index in [-0.39, 0.29) is 39.6 Å². The number of Topliss-reactive ketones (excluding diaryl/α,β-unsaturated/α-hetero) is 1. The van der Waals surface area contributed by atoms with Gasteiger partial charge in [-0.25, -0.2) is 27.9 Å².